The average Bonchev–Trinajstić information content (AvgIpc) is 2.63. The second-order valence-electron chi connectivity index (χ2n) is 3.78. The number of aromatic nitrogens is 2. The van der Waals surface area contributed by atoms with Crippen LogP contribution in [0.1, 0.15) is 19.2 Å². The van der Waals surface area contributed by atoms with Crippen molar-refractivity contribution in [3.05, 3.63) is 22.2 Å². The van der Waals surface area contributed by atoms with Gasteiger partial charge in [0.05, 0.1) is 6.04 Å². The SMILES string of the molecule is CCc1nc(NC2CNC(=O)C2)cc(=O)[nH]1. The molecule has 0 aliphatic carbocycles. The Morgan fingerprint density at radius 2 is 2.38 bits per heavy atom. The molecule has 1 aliphatic heterocycles. The summed E-state index contributed by atoms with van der Waals surface area (Å²) in [6.07, 6.45) is 1.10. The maximum Gasteiger partial charge on any atom is 0.252 e. The zero-order valence-corrected chi connectivity index (χ0v) is 9.04. The number of H-pyrrole nitrogens is 1. The summed E-state index contributed by atoms with van der Waals surface area (Å²) in [5, 5.41) is 5.79. The van der Waals surface area contributed by atoms with Crippen molar-refractivity contribution < 1.29 is 4.79 Å². The van der Waals surface area contributed by atoms with E-state index in [2.05, 4.69) is 20.6 Å². The molecule has 0 radical (unpaired) electrons. The maximum absolute atomic E-state index is 11.3. The fourth-order valence-electron chi connectivity index (χ4n) is 1.67. The summed E-state index contributed by atoms with van der Waals surface area (Å²) >= 11 is 0. The molecule has 1 unspecified atom stereocenters. The largest absolute Gasteiger partial charge is 0.365 e. The molecule has 2 rings (SSSR count). The van der Waals surface area contributed by atoms with Crippen LogP contribution < -0.4 is 16.2 Å². The lowest BCUT2D eigenvalue weighted by Gasteiger charge is -2.11. The molecule has 0 saturated carbocycles. The Morgan fingerprint density at radius 1 is 1.56 bits per heavy atom. The Bertz CT molecular complexity index is 454. The molecule has 1 saturated heterocycles. The topological polar surface area (TPSA) is 86.9 Å². The molecule has 2 heterocycles. The number of amides is 1. The summed E-state index contributed by atoms with van der Waals surface area (Å²) in [5.74, 6) is 1.20. The molecule has 0 spiro atoms. The molecule has 0 bridgehead atoms. The Morgan fingerprint density at radius 3 is 3.00 bits per heavy atom. The van der Waals surface area contributed by atoms with Gasteiger partial charge in [-0.3, -0.25) is 9.59 Å². The first-order valence-corrected chi connectivity index (χ1v) is 5.31. The van der Waals surface area contributed by atoms with Crippen molar-refractivity contribution >= 4 is 11.7 Å². The molecule has 1 aromatic heterocycles. The van der Waals surface area contributed by atoms with E-state index in [-0.39, 0.29) is 17.5 Å². The van der Waals surface area contributed by atoms with E-state index in [0.29, 0.717) is 31.0 Å². The van der Waals surface area contributed by atoms with Crippen LogP contribution in [-0.4, -0.2) is 28.5 Å². The third-order valence-electron chi connectivity index (χ3n) is 2.46. The molecular weight excluding hydrogens is 208 g/mol. The van der Waals surface area contributed by atoms with Gasteiger partial charge in [-0.15, -0.1) is 0 Å². The smallest absolute Gasteiger partial charge is 0.252 e. The minimum absolute atomic E-state index is 0.0199. The Balaban J connectivity index is 2.12. The molecule has 86 valence electrons. The average molecular weight is 222 g/mol. The van der Waals surface area contributed by atoms with Gasteiger partial charge in [-0.05, 0) is 0 Å². The van der Waals surface area contributed by atoms with E-state index in [1.807, 2.05) is 6.92 Å². The molecule has 1 amide bonds. The van der Waals surface area contributed by atoms with Crippen molar-refractivity contribution in [2.75, 3.05) is 11.9 Å². The molecule has 6 heteroatoms. The van der Waals surface area contributed by atoms with Crippen LogP contribution in [0, 0.1) is 0 Å². The van der Waals surface area contributed by atoms with Gasteiger partial charge < -0.3 is 15.6 Å². The highest BCUT2D eigenvalue weighted by Gasteiger charge is 2.21. The minimum atomic E-state index is -0.174. The predicted molar refractivity (Wildman–Crippen MR) is 59.3 cm³/mol. The van der Waals surface area contributed by atoms with Gasteiger partial charge >= 0.3 is 0 Å². The number of nitrogens with one attached hydrogen (secondary N) is 3. The molecule has 0 aromatic carbocycles. The van der Waals surface area contributed by atoms with E-state index in [1.165, 1.54) is 6.07 Å². The van der Waals surface area contributed by atoms with Gasteiger partial charge in [-0.1, -0.05) is 6.92 Å². The zero-order chi connectivity index (χ0) is 11.5. The van der Waals surface area contributed by atoms with Crippen LogP contribution in [0.2, 0.25) is 0 Å². The van der Waals surface area contributed by atoms with Crippen LogP contribution in [0.3, 0.4) is 0 Å². The first-order valence-electron chi connectivity index (χ1n) is 5.31. The van der Waals surface area contributed by atoms with Crippen LogP contribution in [0.4, 0.5) is 5.82 Å². The predicted octanol–water partition coefficient (Wildman–Crippen LogP) is -0.367. The number of anilines is 1. The summed E-state index contributed by atoms with van der Waals surface area (Å²) in [6, 6.07) is 1.42. The number of carbonyl (C=O) groups is 1. The highest BCUT2D eigenvalue weighted by Crippen LogP contribution is 2.07. The van der Waals surface area contributed by atoms with Gasteiger partial charge in [0.15, 0.2) is 0 Å². The molecule has 1 atom stereocenters. The van der Waals surface area contributed by atoms with E-state index in [0.717, 1.165) is 0 Å². The summed E-state index contributed by atoms with van der Waals surface area (Å²) < 4.78 is 0. The molecule has 3 N–H and O–H groups in total. The van der Waals surface area contributed by atoms with Gasteiger partial charge in [0.2, 0.25) is 5.91 Å². The molecule has 6 nitrogen and oxygen atoms in total. The quantitative estimate of drug-likeness (QED) is 0.651. The van der Waals surface area contributed by atoms with Gasteiger partial charge in [0.1, 0.15) is 11.6 Å². The molecule has 1 aliphatic rings. The van der Waals surface area contributed by atoms with Crippen LogP contribution in [0.25, 0.3) is 0 Å². The second kappa shape index (κ2) is 4.34. The summed E-state index contributed by atoms with van der Waals surface area (Å²) in [7, 11) is 0. The Hall–Kier alpha value is -1.85. The lowest BCUT2D eigenvalue weighted by atomic mass is 10.2. The Labute approximate surface area is 92.5 Å². The van der Waals surface area contributed by atoms with E-state index >= 15 is 0 Å². The normalized spacial score (nSPS) is 19.6. The fourth-order valence-corrected chi connectivity index (χ4v) is 1.67. The van der Waals surface area contributed by atoms with Gasteiger partial charge in [0.25, 0.3) is 5.56 Å². The van der Waals surface area contributed by atoms with Gasteiger partial charge in [-0.2, -0.15) is 0 Å². The highest BCUT2D eigenvalue weighted by molar-refractivity contribution is 5.79. The first kappa shape index (κ1) is 10.7. The van der Waals surface area contributed by atoms with E-state index < -0.39 is 0 Å². The van der Waals surface area contributed by atoms with E-state index in [9.17, 15) is 9.59 Å². The molecular formula is C10H14N4O2. The van der Waals surface area contributed by atoms with Gasteiger partial charge in [-0.25, -0.2) is 4.98 Å². The van der Waals surface area contributed by atoms with Crippen molar-refractivity contribution in [3.8, 4) is 0 Å². The number of hydrogen-bond donors (Lipinski definition) is 3. The van der Waals surface area contributed by atoms with Crippen LogP contribution >= 0.6 is 0 Å². The van der Waals surface area contributed by atoms with E-state index in [4.69, 9.17) is 0 Å². The van der Waals surface area contributed by atoms with Crippen LogP contribution in [0.5, 0.6) is 0 Å². The van der Waals surface area contributed by atoms with Crippen LogP contribution in [0.15, 0.2) is 10.9 Å². The lowest BCUT2D eigenvalue weighted by molar-refractivity contribution is -0.119. The second-order valence-corrected chi connectivity index (χ2v) is 3.78. The summed E-state index contributed by atoms with van der Waals surface area (Å²) in [5.41, 5.74) is -0.174. The summed E-state index contributed by atoms with van der Waals surface area (Å²) in [6.45, 7) is 2.50. The zero-order valence-electron chi connectivity index (χ0n) is 9.04. The molecule has 1 aromatic rings. The number of aryl methyl sites for hydroxylation is 1. The number of carbonyl (C=O) groups excluding carboxylic acids is 1. The van der Waals surface area contributed by atoms with Crippen LogP contribution in [-0.2, 0) is 11.2 Å². The molecule has 1 fully saturated rings. The Kier molecular flexibility index (Phi) is 2.89. The minimum Gasteiger partial charge on any atom is -0.365 e. The van der Waals surface area contributed by atoms with Crippen molar-refractivity contribution in [2.45, 2.75) is 25.8 Å². The third kappa shape index (κ3) is 2.39. The number of nitrogens with zero attached hydrogens (tertiary/aromatic N) is 1. The molecule has 16 heavy (non-hydrogen) atoms. The summed E-state index contributed by atoms with van der Waals surface area (Å²) in [4.78, 5) is 29.2. The number of rotatable bonds is 3. The van der Waals surface area contributed by atoms with E-state index in [1.54, 1.807) is 0 Å². The van der Waals surface area contributed by atoms with Crippen molar-refractivity contribution in [1.82, 2.24) is 15.3 Å². The highest BCUT2D eigenvalue weighted by atomic mass is 16.2. The van der Waals surface area contributed by atoms with Gasteiger partial charge in [0, 0.05) is 25.5 Å². The number of hydrogen-bond acceptors (Lipinski definition) is 4. The standard InChI is InChI=1S/C10H14N4O2/c1-2-7-13-8(4-10(16)14-7)12-6-3-9(15)11-5-6/h4,6H,2-3,5H2,1H3,(H,11,15)(H2,12,13,14,16). The third-order valence-corrected chi connectivity index (χ3v) is 2.46. The van der Waals surface area contributed by atoms with Crippen molar-refractivity contribution in [1.29, 1.82) is 0 Å². The monoisotopic (exact) mass is 222 g/mol. The van der Waals surface area contributed by atoms with Crippen molar-refractivity contribution in [2.24, 2.45) is 0 Å². The van der Waals surface area contributed by atoms with Crippen molar-refractivity contribution in [3.63, 3.8) is 0 Å². The lowest BCUT2D eigenvalue weighted by Crippen LogP contribution is -2.24. The fraction of sp³-hybridized carbons (Fsp3) is 0.500. The number of aromatic amines is 1. The maximum atomic E-state index is 11.3. The first-order chi connectivity index (χ1) is 7.67.